The van der Waals surface area contributed by atoms with Crippen molar-refractivity contribution in [2.24, 2.45) is 5.92 Å². The van der Waals surface area contributed by atoms with Crippen molar-refractivity contribution >= 4 is 5.78 Å². The highest BCUT2D eigenvalue weighted by Gasteiger charge is 2.67. The van der Waals surface area contributed by atoms with Crippen molar-refractivity contribution in [1.29, 1.82) is 0 Å². The van der Waals surface area contributed by atoms with Crippen LogP contribution in [0.5, 0.6) is 11.5 Å². The molecule has 5 atom stereocenters. The zero-order valence-corrected chi connectivity index (χ0v) is 13.1. The Labute approximate surface area is 130 Å². The highest BCUT2D eigenvalue weighted by atomic mass is 16.5. The van der Waals surface area contributed by atoms with Crippen LogP contribution in [0.4, 0.5) is 0 Å². The quantitative estimate of drug-likeness (QED) is 0.822. The first-order chi connectivity index (χ1) is 10.7. The van der Waals surface area contributed by atoms with Crippen LogP contribution in [0.15, 0.2) is 12.1 Å². The molecule has 4 nitrogen and oxygen atoms in total. The number of nitrogens with one attached hydrogen (secondary N) is 1. The summed E-state index contributed by atoms with van der Waals surface area (Å²) in [5.41, 5.74) is 2.63. The van der Waals surface area contributed by atoms with Gasteiger partial charge in [0.05, 0.1) is 32.2 Å². The molecule has 2 fully saturated rings. The Kier molecular flexibility index (Phi) is 2.38. The van der Waals surface area contributed by atoms with Crippen molar-refractivity contribution in [1.82, 2.24) is 0 Å². The fourth-order valence-electron chi connectivity index (χ4n) is 5.82. The highest BCUT2D eigenvalue weighted by Crippen LogP contribution is 2.61. The number of likely N-dealkylation sites (N-methyl/N-ethyl adjacent to an activating group) is 1. The van der Waals surface area contributed by atoms with Crippen LogP contribution in [0.25, 0.3) is 0 Å². The minimum Gasteiger partial charge on any atom is -0.493 e. The van der Waals surface area contributed by atoms with E-state index in [1.807, 2.05) is 6.07 Å². The van der Waals surface area contributed by atoms with Crippen molar-refractivity contribution in [3.63, 3.8) is 0 Å². The third kappa shape index (κ3) is 1.27. The van der Waals surface area contributed by atoms with E-state index in [1.54, 1.807) is 12.0 Å². The number of ketones is 1. The van der Waals surface area contributed by atoms with E-state index in [0.717, 1.165) is 37.3 Å². The second-order valence-electron chi connectivity index (χ2n) is 7.44. The number of benzene rings is 1. The van der Waals surface area contributed by atoms with Gasteiger partial charge in [0.25, 0.3) is 0 Å². The molecule has 1 N–H and O–H groups in total. The first kappa shape index (κ1) is 12.9. The predicted octanol–water partition coefficient (Wildman–Crippen LogP) is 0.516. The molecule has 1 saturated carbocycles. The maximum atomic E-state index is 12.6. The Morgan fingerprint density at radius 1 is 1.41 bits per heavy atom. The fraction of sp³-hybridized carbons (Fsp3) is 0.611. The number of rotatable bonds is 1. The second kappa shape index (κ2) is 4.05. The van der Waals surface area contributed by atoms with E-state index in [-0.39, 0.29) is 11.5 Å². The van der Waals surface area contributed by atoms with Crippen molar-refractivity contribution in [2.75, 3.05) is 20.7 Å². The molecular formula is C18H22NO3+. The SMILES string of the molecule is COc1ccc2c3c1OC1C(=O)CCC4C(C2)[NH+](C)CCC314. The first-order valence-electron chi connectivity index (χ1n) is 8.39. The second-order valence-corrected chi connectivity index (χ2v) is 7.44. The van der Waals surface area contributed by atoms with Gasteiger partial charge in [-0.3, -0.25) is 4.79 Å². The van der Waals surface area contributed by atoms with E-state index in [4.69, 9.17) is 9.47 Å². The molecule has 2 aliphatic carbocycles. The van der Waals surface area contributed by atoms with Gasteiger partial charge in [0.2, 0.25) is 0 Å². The Balaban J connectivity index is 1.81. The van der Waals surface area contributed by atoms with Crippen molar-refractivity contribution in [3.05, 3.63) is 23.3 Å². The molecule has 0 aromatic heterocycles. The lowest BCUT2D eigenvalue weighted by Gasteiger charge is -2.54. The maximum Gasteiger partial charge on any atom is 0.174 e. The summed E-state index contributed by atoms with van der Waals surface area (Å²) in [7, 11) is 4.00. The number of piperidine rings is 1. The largest absolute Gasteiger partial charge is 0.493 e. The first-order valence-corrected chi connectivity index (χ1v) is 8.39. The molecular weight excluding hydrogens is 278 g/mol. The normalized spacial score (nSPS) is 40.9. The molecule has 1 saturated heterocycles. The highest BCUT2D eigenvalue weighted by molar-refractivity contribution is 5.89. The van der Waals surface area contributed by atoms with Crippen LogP contribution in [-0.4, -0.2) is 38.6 Å². The van der Waals surface area contributed by atoms with Crippen LogP contribution < -0.4 is 14.4 Å². The van der Waals surface area contributed by atoms with E-state index < -0.39 is 0 Å². The van der Waals surface area contributed by atoms with Crippen molar-refractivity contribution < 1.29 is 19.2 Å². The molecule has 1 aromatic rings. The molecule has 4 aliphatic rings. The van der Waals surface area contributed by atoms with Gasteiger partial charge in [-0.2, -0.15) is 0 Å². The molecule has 4 heteroatoms. The lowest BCUT2D eigenvalue weighted by Crippen LogP contribution is -3.16. The number of carbonyl (C=O) groups is 1. The van der Waals surface area contributed by atoms with Crippen LogP contribution in [0.1, 0.15) is 30.4 Å². The number of carbonyl (C=O) groups excluding carboxylic acids is 1. The summed E-state index contributed by atoms with van der Waals surface area (Å²) in [6.45, 7) is 1.13. The maximum absolute atomic E-state index is 12.6. The van der Waals surface area contributed by atoms with Crippen molar-refractivity contribution in [2.45, 2.75) is 43.2 Å². The third-order valence-electron chi connectivity index (χ3n) is 6.74. The number of quaternary nitrogens is 1. The van der Waals surface area contributed by atoms with Crippen LogP contribution in [0.2, 0.25) is 0 Å². The molecule has 1 aromatic carbocycles. The van der Waals surface area contributed by atoms with Gasteiger partial charge in [-0.25, -0.2) is 0 Å². The minimum atomic E-state index is -0.271. The van der Waals surface area contributed by atoms with E-state index in [2.05, 4.69) is 13.1 Å². The summed E-state index contributed by atoms with van der Waals surface area (Å²) in [5.74, 6) is 2.52. The molecule has 116 valence electrons. The topological polar surface area (TPSA) is 40.0 Å². The summed E-state index contributed by atoms with van der Waals surface area (Å²) in [5, 5.41) is 0. The molecule has 1 spiro atoms. The van der Waals surface area contributed by atoms with Gasteiger partial charge in [-0.05, 0) is 18.1 Å². The van der Waals surface area contributed by atoms with E-state index >= 15 is 0 Å². The average Bonchev–Trinajstić information content (AvgIpc) is 2.88. The summed E-state index contributed by atoms with van der Waals surface area (Å²) in [4.78, 5) is 14.3. The summed E-state index contributed by atoms with van der Waals surface area (Å²) in [6.07, 6.45) is 3.59. The summed E-state index contributed by atoms with van der Waals surface area (Å²) in [6, 6.07) is 4.84. The van der Waals surface area contributed by atoms with Gasteiger partial charge in [0, 0.05) is 30.7 Å². The van der Waals surface area contributed by atoms with Crippen molar-refractivity contribution in [3.8, 4) is 11.5 Å². The van der Waals surface area contributed by atoms with Crippen LogP contribution in [-0.2, 0) is 16.6 Å². The minimum absolute atomic E-state index is 0.0725. The Hall–Kier alpha value is -1.55. The van der Waals surface area contributed by atoms with Gasteiger partial charge in [-0.15, -0.1) is 0 Å². The lowest BCUT2D eigenvalue weighted by molar-refractivity contribution is -0.919. The molecule has 22 heavy (non-hydrogen) atoms. The van der Waals surface area contributed by atoms with E-state index in [1.165, 1.54) is 11.1 Å². The molecule has 2 bridgehead atoms. The van der Waals surface area contributed by atoms with Crippen LogP contribution >= 0.6 is 0 Å². The van der Waals surface area contributed by atoms with Gasteiger partial charge in [-0.1, -0.05) is 6.07 Å². The Morgan fingerprint density at radius 3 is 3.09 bits per heavy atom. The van der Waals surface area contributed by atoms with Crippen LogP contribution in [0.3, 0.4) is 0 Å². The molecule has 0 amide bonds. The number of ether oxygens (including phenoxy) is 2. The Morgan fingerprint density at radius 2 is 2.27 bits per heavy atom. The number of methoxy groups -OCH3 is 1. The molecule has 0 radical (unpaired) electrons. The molecule has 2 aliphatic heterocycles. The van der Waals surface area contributed by atoms with E-state index in [9.17, 15) is 4.79 Å². The third-order valence-corrected chi connectivity index (χ3v) is 6.74. The van der Waals surface area contributed by atoms with Gasteiger partial charge in [0.15, 0.2) is 23.4 Å². The zero-order chi connectivity index (χ0) is 15.1. The zero-order valence-electron chi connectivity index (χ0n) is 13.1. The fourth-order valence-corrected chi connectivity index (χ4v) is 5.82. The molecule has 2 heterocycles. The van der Waals surface area contributed by atoms with Gasteiger partial charge < -0.3 is 14.4 Å². The molecule has 5 rings (SSSR count). The lowest BCUT2D eigenvalue weighted by atomic mass is 9.52. The Bertz CT molecular complexity index is 685. The number of Topliss-reactive ketones (excluding diaryl/α,β-unsaturated/α-hetero) is 1. The van der Waals surface area contributed by atoms with E-state index in [0.29, 0.717) is 24.2 Å². The summed E-state index contributed by atoms with van der Waals surface area (Å²) < 4.78 is 11.8. The predicted molar refractivity (Wildman–Crippen MR) is 80.7 cm³/mol. The smallest absolute Gasteiger partial charge is 0.174 e. The monoisotopic (exact) mass is 300 g/mol. The van der Waals surface area contributed by atoms with Crippen LogP contribution in [0, 0.1) is 5.92 Å². The average molecular weight is 300 g/mol. The van der Waals surface area contributed by atoms with Gasteiger partial charge in [0.1, 0.15) is 0 Å². The standard InChI is InChI=1S/C18H21NO3/c1-19-8-7-18-11-4-5-13(20)17(18)22-16-14(21-2)6-3-10(15(16)18)9-12(11)19/h3,6,11-12,17H,4-5,7-9H2,1-2H3/p+1. The number of hydrogen-bond acceptors (Lipinski definition) is 3. The molecule has 5 unspecified atom stereocenters. The number of hydrogen-bond donors (Lipinski definition) is 1. The summed E-state index contributed by atoms with van der Waals surface area (Å²) >= 11 is 0. The van der Waals surface area contributed by atoms with Gasteiger partial charge >= 0.3 is 0 Å². The number of likely N-dealkylation sites (tertiary alicyclic amines) is 1.